The number of methoxy groups -OCH3 is 1. The normalized spacial score (nSPS) is 12.2. The number of rotatable bonds is 8. The molecular weight excluding hydrogens is 242 g/mol. The molecule has 0 aliphatic heterocycles. The van der Waals surface area contributed by atoms with Gasteiger partial charge in [-0.3, -0.25) is 0 Å². The predicted molar refractivity (Wildman–Crippen MR) is 79.6 cm³/mol. The predicted octanol–water partition coefficient (Wildman–Crippen LogP) is 1.74. The van der Waals surface area contributed by atoms with Gasteiger partial charge in [0, 0.05) is 32.3 Å². The summed E-state index contributed by atoms with van der Waals surface area (Å²) in [5.74, 6) is 1.89. The number of nitrogens with zero attached hydrogens (tertiary/aromatic N) is 3. The second kappa shape index (κ2) is 7.78. The van der Waals surface area contributed by atoms with E-state index in [-0.39, 0.29) is 0 Å². The highest BCUT2D eigenvalue weighted by Gasteiger charge is 2.15. The van der Waals surface area contributed by atoms with Crippen LogP contribution in [0.4, 0.5) is 17.6 Å². The van der Waals surface area contributed by atoms with E-state index in [0.717, 1.165) is 31.1 Å². The lowest BCUT2D eigenvalue weighted by atomic mass is 10.2. The Balaban J connectivity index is 2.99. The SMILES string of the molecule is CCNc1cc(N(CCOC)C(C)CC)nc(N)n1. The van der Waals surface area contributed by atoms with Gasteiger partial charge < -0.3 is 20.7 Å². The quantitative estimate of drug-likeness (QED) is 0.747. The zero-order chi connectivity index (χ0) is 14.3. The van der Waals surface area contributed by atoms with Gasteiger partial charge in [0.05, 0.1) is 6.61 Å². The fraction of sp³-hybridized carbons (Fsp3) is 0.692. The van der Waals surface area contributed by atoms with Crippen molar-refractivity contribution >= 4 is 17.6 Å². The van der Waals surface area contributed by atoms with Gasteiger partial charge in [0.1, 0.15) is 11.6 Å². The van der Waals surface area contributed by atoms with Crippen LogP contribution < -0.4 is 16.0 Å². The fourth-order valence-corrected chi connectivity index (χ4v) is 1.84. The van der Waals surface area contributed by atoms with E-state index in [4.69, 9.17) is 10.5 Å². The van der Waals surface area contributed by atoms with Crippen molar-refractivity contribution in [2.45, 2.75) is 33.2 Å². The van der Waals surface area contributed by atoms with E-state index in [1.54, 1.807) is 7.11 Å². The molecule has 1 rings (SSSR count). The molecule has 3 N–H and O–H groups in total. The van der Waals surface area contributed by atoms with E-state index in [1.165, 1.54) is 0 Å². The number of hydrogen-bond donors (Lipinski definition) is 2. The summed E-state index contributed by atoms with van der Waals surface area (Å²) in [6.45, 7) is 8.59. The third-order valence-electron chi connectivity index (χ3n) is 3.04. The van der Waals surface area contributed by atoms with E-state index >= 15 is 0 Å². The van der Waals surface area contributed by atoms with Gasteiger partial charge in [0.2, 0.25) is 5.95 Å². The number of nitrogens with two attached hydrogens (primary N) is 1. The Morgan fingerprint density at radius 1 is 1.42 bits per heavy atom. The maximum atomic E-state index is 5.78. The topological polar surface area (TPSA) is 76.3 Å². The molecule has 0 aromatic carbocycles. The molecular formula is C13H25N5O. The molecule has 0 bridgehead atoms. The van der Waals surface area contributed by atoms with Crippen LogP contribution in [0.15, 0.2) is 6.07 Å². The third-order valence-corrected chi connectivity index (χ3v) is 3.04. The fourth-order valence-electron chi connectivity index (χ4n) is 1.84. The summed E-state index contributed by atoms with van der Waals surface area (Å²) < 4.78 is 5.16. The van der Waals surface area contributed by atoms with Gasteiger partial charge in [0.25, 0.3) is 0 Å². The molecule has 0 saturated heterocycles. The van der Waals surface area contributed by atoms with E-state index < -0.39 is 0 Å². The molecule has 1 heterocycles. The minimum atomic E-state index is 0.291. The second-order valence-electron chi connectivity index (χ2n) is 4.44. The maximum absolute atomic E-state index is 5.78. The van der Waals surface area contributed by atoms with Crippen LogP contribution in [0.5, 0.6) is 0 Å². The van der Waals surface area contributed by atoms with E-state index in [9.17, 15) is 0 Å². The number of ether oxygens (including phenoxy) is 1. The highest BCUT2D eigenvalue weighted by atomic mass is 16.5. The van der Waals surface area contributed by atoms with Gasteiger partial charge in [0.15, 0.2) is 0 Å². The lowest BCUT2D eigenvalue weighted by Crippen LogP contribution is -2.36. The van der Waals surface area contributed by atoms with Crippen LogP contribution in [0.3, 0.4) is 0 Å². The first kappa shape index (κ1) is 15.5. The molecule has 0 spiro atoms. The summed E-state index contributed by atoms with van der Waals surface area (Å²) in [7, 11) is 1.70. The summed E-state index contributed by atoms with van der Waals surface area (Å²) in [5.41, 5.74) is 5.78. The average molecular weight is 267 g/mol. The molecule has 1 aromatic heterocycles. The molecule has 1 aromatic rings. The van der Waals surface area contributed by atoms with Gasteiger partial charge in [-0.15, -0.1) is 0 Å². The standard InChI is InChI=1S/C13H25N5O/c1-5-10(3)18(7-8-19-4)12-9-11(15-6-2)16-13(14)17-12/h9-10H,5-8H2,1-4H3,(H3,14,15,16,17). The van der Waals surface area contributed by atoms with Crippen molar-refractivity contribution in [3.05, 3.63) is 6.07 Å². The van der Waals surface area contributed by atoms with Crippen molar-refractivity contribution in [2.24, 2.45) is 0 Å². The summed E-state index contributed by atoms with van der Waals surface area (Å²) in [5, 5.41) is 3.17. The van der Waals surface area contributed by atoms with Crippen LogP contribution >= 0.6 is 0 Å². The number of hydrogen-bond acceptors (Lipinski definition) is 6. The van der Waals surface area contributed by atoms with Crippen molar-refractivity contribution in [3.63, 3.8) is 0 Å². The second-order valence-corrected chi connectivity index (χ2v) is 4.44. The summed E-state index contributed by atoms with van der Waals surface area (Å²) in [6.07, 6.45) is 1.03. The molecule has 6 nitrogen and oxygen atoms in total. The zero-order valence-corrected chi connectivity index (χ0v) is 12.3. The van der Waals surface area contributed by atoms with Gasteiger partial charge in [-0.25, -0.2) is 0 Å². The van der Waals surface area contributed by atoms with E-state index in [2.05, 4.69) is 34.0 Å². The molecule has 0 amide bonds. The Kier molecular flexibility index (Phi) is 6.35. The Bertz CT molecular complexity index is 385. The molecule has 1 unspecified atom stereocenters. The first-order valence-corrected chi connectivity index (χ1v) is 6.76. The summed E-state index contributed by atoms with van der Waals surface area (Å²) >= 11 is 0. The minimum absolute atomic E-state index is 0.291. The molecule has 6 heteroatoms. The molecule has 0 aliphatic rings. The Morgan fingerprint density at radius 2 is 2.16 bits per heavy atom. The summed E-state index contributed by atoms with van der Waals surface area (Å²) in [6, 6.07) is 2.31. The van der Waals surface area contributed by atoms with Gasteiger partial charge in [-0.2, -0.15) is 9.97 Å². The third kappa shape index (κ3) is 4.55. The van der Waals surface area contributed by atoms with Gasteiger partial charge in [-0.1, -0.05) is 6.92 Å². The minimum Gasteiger partial charge on any atom is -0.383 e. The van der Waals surface area contributed by atoms with Crippen LogP contribution in [0.25, 0.3) is 0 Å². The van der Waals surface area contributed by atoms with Crippen LogP contribution in [0.2, 0.25) is 0 Å². The van der Waals surface area contributed by atoms with Crippen molar-refractivity contribution in [1.29, 1.82) is 0 Å². The average Bonchev–Trinajstić information content (AvgIpc) is 2.38. The maximum Gasteiger partial charge on any atom is 0.223 e. The molecule has 0 radical (unpaired) electrons. The number of nitrogen functional groups attached to an aromatic ring is 1. The van der Waals surface area contributed by atoms with Gasteiger partial charge in [-0.05, 0) is 20.3 Å². The van der Waals surface area contributed by atoms with Crippen LogP contribution in [0, 0.1) is 0 Å². The highest BCUT2D eigenvalue weighted by molar-refractivity contribution is 5.53. The molecule has 0 fully saturated rings. The van der Waals surface area contributed by atoms with Gasteiger partial charge >= 0.3 is 0 Å². The Morgan fingerprint density at radius 3 is 2.74 bits per heavy atom. The first-order chi connectivity index (χ1) is 9.12. The van der Waals surface area contributed by atoms with Crippen molar-refractivity contribution < 1.29 is 4.74 Å². The van der Waals surface area contributed by atoms with Crippen molar-refractivity contribution in [2.75, 3.05) is 42.8 Å². The molecule has 0 saturated carbocycles. The number of aromatic nitrogens is 2. The number of nitrogens with one attached hydrogen (secondary N) is 1. The Hall–Kier alpha value is -1.56. The van der Waals surface area contributed by atoms with Crippen LogP contribution in [-0.2, 0) is 4.74 Å². The van der Waals surface area contributed by atoms with E-state index in [1.807, 2.05) is 13.0 Å². The van der Waals surface area contributed by atoms with Crippen LogP contribution in [0.1, 0.15) is 27.2 Å². The lowest BCUT2D eigenvalue weighted by Gasteiger charge is -2.29. The largest absolute Gasteiger partial charge is 0.383 e. The molecule has 19 heavy (non-hydrogen) atoms. The zero-order valence-electron chi connectivity index (χ0n) is 12.3. The summed E-state index contributed by atoms with van der Waals surface area (Å²) in [4.78, 5) is 10.7. The first-order valence-electron chi connectivity index (χ1n) is 6.76. The Labute approximate surface area is 115 Å². The molecule has 0 aliphatic carbocycles. The lowest BCUT2D eigenvalue weighted by molar-refractivity contribution is 0.203. The van der Waals surface area contributed by atoms with Crippen LogP contribution in [-0.4, -0.2) is 42.8 Å². The number of anilines is 3. The van der Waals surface area contributed by atoms with Crippen molar-refractivity contribution in [1.82, 2.24) is 9.97 Å². The smallest absolute Gasteiger partial charge is 0.223 e. The van der Waals surface area contributed by atoms with E-state index in [0.29, 0.717) is 18.6 Å². The molecule has 1 atom stereocenters. The van der Waals surface area contributed by atoms with Crippen molar-refractivity contribution in [3.8, 4) is 0 Å². The molecule has 108 valence electrons. The highest BCUT2D eigenvalue weighted by Crippen LogP contribution is 2.20. The monoisotopic (exact) mass is 267 g/mol.